The van der Waals surface area contributed by atoms with E-state index < -0.39 is 46.0 Å². The number of hydrogen-bond donors (Lipinski definition) is 2. The molecule has 1 amide bonds. The minimum absolute atomic E-state index is 0.241. The molecular weight excluding hydrogens is 324 g/mol. The van der Waals surface area contributed by atoms with Gasteiger partial charge < -0.3 is 11.1 Å². The summed E-state index contributed by atoms with van der Waals surface area (Å²) < 4.78 is 55.5. The van der Waals surface area contributed by atoms with Crippen molar-refractivity contribution in [2.24, 2.45) is 5.73 Å². The van der Waals surface area contributed by atoms with E-state index in [1.807, 2.05) is 13.8 Å². The van der Waals surface area contributed by atoms with Gasteiger partial charge in [0.25, 0.3) is 5.91 Å². The lowest BCUT2D eigenvalue weighted by molar-refractivity contribution is 0.0996. The molecule has 3 nitrogen and oxygen atoms in total. The van der Waals surface area contributed by atoms with Gasteiger partial charge in [-0.1, -0.05) is 19.9 Å². The maximum atomic E-state index is 14.0. The Balaban J connectivity index is 0.00000139. The molecule has 2 aromatic rings. The van der Waals surface area contributed by atoms with Crippen molar-refractivity contribution in [1.82, 2.24) is 0 Å². The van der Waals surface area contributed by atoms with Crippen LogP contribution in [0.1, 0.15) is 35.3 Å². The van der Waals surface area contributed by atoms with Crippen molar-refractivity contribution in [3.8, 4) is 0 Å². The molecule has 0 heterocycles. The Morgan fingerprint density at radius 2 is 1.58 bits per heavy atom. The molecule has 2 rings (SSSR count). The molecule has 0 atom stereocenters. The highest BCUT2D eigenvalue weighted by Gasteiger charge is 2.26. The van der Waals surface area contributed by atoms with E-state index in [9.17, 15) is 22.4 Å². The summed E-state index contributed by atoms with van der Waals surface area (Å²) in [5, 5.41) is 2.20. The third-order valence-electron chi connectivity index (χ3n) is 3.17. The Hall–Kier alpha value is -2.57. The molecule has 0 bridgehead atoms. The van der Waals surface area contributed by atoms with E-state index in [0.717, 1.165) is 13.0 Å². The number of benzene rings is 2. The lowest BCUT2D eigenvalue weighted by atomic mass is 10.1. The molecule has 0 saturated carbocycles. The van der Waals surface area contributed by atoms with E-state index in [2.05, 4.69) is 5.32 Å². The van der Waals surface area contributed by atoms with Crippen molar-refractivity contribution in [1.29, 1.82) is 0 Å². The van der Waals surface area contributed by atoms with Gasteiger partial charge in [0.2, 0.25) is 0 Å². The number of nitrogens with two attached hydrogens (primary N) is 1. The standard InChI is InChI=1S/C15H12F4N2O.C2H6/c1-6-3-4-9(8(16)5-6)21-14-10(15(20)22)11(17)7(2)12(18)13(14)19;1-2/h3-5,21H,1-2H3,(H2,20,22);1-2H3. The molecule has 2 aromatic carbocycles. The Morgan fingerprint density at radius 3 is 2.08 bits per heavy atom. The van der Waals surface area contributed by atoms with Crippen molar-refractivity contribution < 1.29 is 22.4 Å². The van der Waals surface area contributed by atoms with Crippen LogP contribution in [0, 0.1) is 37.1 Å². The summed E-state index contributed by atoms with van der Waals surface area (Å²) in [6, 6.07) is 3.91. The van der Waals surface area contributed by atoms with E-state index in [0.29, 0.717) is 5.56 Å². The zero-order valence-electron chi connectivity index (χ0n) is 13.7. The molecule has 0 aliphatic heterocycles. The minimum atomic E-state index is -1.51. The maximum absolute atomic E-state index is 14.0. The Bertz CT molecular complexity index is 776. The summed E-state index contributed by atoms with van der Waals surface area (Å²) in [7, 11) is 0. The second-order valence-electron chi connectivity index (χ2n) is 4.79. The summed E-state index contributed by atoms with van der Waals surface area (Å²) >= 11 is 0. The summed E-state index contributed by atoms with van der Waals surface area (Å²) in [5.74, 6) is -6.34. The first-order valence-corrected chi connectivity index (χ1v) is 7.24. The first-order chi connectivity index (χ1) is 11.2. The topological polar surface area (TPSA) is 55.1 Å². The van der Waals surface area contributed by atoms with Crippen LogP contribution < -0.4 is 11.1 Å². The van der Waals surface area contributed by atoms with Gasteiger partial charge in [0.15, 0.2) is 11.6 Å². The number of amides is 1. The predicted octanol–water partition coefficient (Wildman–Crippen LogP) is 4.73. The molecule has 0 radical (unpaired) electrons. The number of carbonyl (C=O) groups is 1. The van der Waals surface area contributed by atoms with Crippen LogP contribution in [0.3, 0.4) is 0 Å². The van der Waals surface area contributed by atoms with Crippen LogP contribution in [0.4, 0.5) is 28.9 Å². The van der Waals surface area contributed by atoms with Crippen LogP contribution in [0.25, 0.3) is 0 Å². The molecule has 0 spiro atoms. The quantitative estimate of drug-likeness (QED) is 0.626. The van der Waals surface area contributed by atoms with Crippen molar-refractivity contribution in [3.63, 3.8) is 0 Å². The molecule has 0 aliphatic carbocycles. The van der Waals surface area contributed by atoms with Gasteiger partial charge >= 0.3 is 0 Å². The van der Waals surface area contributed by atoms with Gasteiger partial charge in [0.05, 0.1) is 11.4 Å². The van der Waals surface area contributed by atoms with Crippen molar-refractivity contribution in [3.05, 3.63) is 58.2 Å². The average Bonchev–Trinajstić information content (AvgIpc) is 2.54. The minimum Gasteiger partial charge on any atom is -0.365 e. The summed E-state index contributed by atoms with van der Waals surface area (Å²) in [6.07, 6.45) is 0. The summed E-state index contributed by atoms with van der Waals surface area (Å²) in [6.45, 7) is 6.60. The van der Waals surface area contributed by atoms with Gasteiger partial charge in [-0.05, 0) is 31.5 Å². The van der Waals surface area contributed by atoms with Crippen LogP contribution in [-0.4, -0.2) is 5.91 Å². The molecule has 0 fully saturated rings. The smallest absolute Gasteiger partial charge is 0.253 e. The summed E-state index contributed by atoms with van der Waals surface area (Å²) in [5.41, 5.74) is 2.99. The molecule has 0 aliphatic rings. The Labute approximate surface area is 137 Å². The molecule has 7 heteroatoms. The first kappa shape index (κ1) is 19.5. The fraction of sp³-hybridized carbons (Fsp3) is 0.235. The SMILES string of the molecule is CC.Cc1ccc(Nc2c(F)c(F)c(C)c(F)c2C(N)=O)c(F)c1. The molecular formula is C17H18F4N2O. The van der Waals surface area contributed by atoms with Gasteiger partial charge in [0.1, 0.15) is 17.2 Å². The van der Waals surface area contributed by atoms with Crippen LogP contribution >= 0.6 is 0 Å². The van der Waals surface area contributed by atoms with E-state index in [1.165, 1.54) is 12.1 Å². The normalized spacial score (nSPS) is 10.0. The highest BCUT2D eigenvalue weighted by molar-refractivity contribution is 6.00. The number of rotatable bonds is 3. The second kappa shape index (κ2) is 7.81. The van der Waals surface area contributed by atoms with Gasteiger partial charge in [-0.25, -0.2) is 17.6 Å². The highest BCUT2D eigenvalue weighted by atomic mass is 19.2. The van der Waals surface area contributed by atoms with Crippen LogP contribution in [0.15, 0.2) is 18.2 Å². The van der Waals surface area contributed by atoms with Gasteiger partial charge in [0, 0.05) is 5.56 Å². The zero-order chi connectivity index (χ0) is 18.6. The van der Waals surface area contributed by atoms with Gasteiger partial charge in [-0.2, -0.15) is 0 Å². The molecule has 0 aromatic heterocycles. The largest absolute Gasteiger partial charge is 0.365 e. The first-order valence-electron chi connectivity index (χ1n) is 7.24. The number of halogens is 4. The highest BCUT2D eigenvalue weighted by Crippen LogP contribution is 2.32. The lowest BCUT2D eigenvalue weighted by Crippen LogP contribution is -2.19. The Morgan fingerprint density at radius 1 is 1.00 bits per heavy atom. The number of hydrogen-bond acceptors (Lipinski definition) is 2. The molecule has 0 unspecified atom stereocenters. The molecule has 24 heavy (non-hydrogen) atoms. The van der Waals surface area contributed by atoms with Crippen molar-refractivity contribution in [2.45, 2.75) is 27.7 Å². The third kappa shape index (κ3) is 3.67. The average molecular weight is 342 g/mol. The monoisotopic (exact) mass is 342 g/mol. The van der Waals surface area contributed by atoms with Crippen molar-refractivity contribution >= 4 is 17.3 Å². The van der Waals surface area contributed by atoms with E-state index >= 15 is 0 Å². The Kier molecular flexibility index (Phi) is 6.34. The zero-order valence-corrected chi connectivity index (χ0v) is 13.7. The fourth-order valence-electron chi connectivity index (χ4n) is 1.98. The number of nitrogens with one attached hydrogen (secondary N) is 1. The van der Waals surface area contributed by atoms with E-state index in [1.54, 1.807) is 6.92 Å². The molecule has 0 saturated heterocycles. The van der Waals surface area contributed by atoms with E-state index in [4.69, 9.17) is 5.73 Å². The number of aryl methyl sites for hydroxylation is 1. The van der Waals surface area contributed by atoms with Gasteiger partial charge in [-0.3, -0.25) is 4.79 Å². The van der Waals surface area contributed by atoms with Gasteiger partial charge in [-0.15, -0.1) is 0 Å². The maximum Gasteiger partial charge on any atom is 0.253 e. The number of primary amides is 1. The number of carbonyl (C=O) groups excluding carboxylic acids is 1. The lowest BCUT2D eigenvalue weighted by Gasteiger charge is -2.15. The number of anilines is 2. The molecule has 130 valence electrons. The van der Waals surface area contributed by atoms with Crippen LogP contribution in [0.5, 0.6) is 0 Å². The fourth-order valence-corrected chi connectivity index (χ4v) is 1.98. The van der Waals surface area contributed by atoms with Crippen molar-refractivity contribution in [2.75, 3.05) is 5.32 Å². The van der Waals surface area contributed by atoms with Crippen LogP contribution in [0.2, 0.25) is 0 Å². The summed E-state index contributed by atoms with van der Waals surface area (Å²) in [4.78, 5) is 11.3. The predicted molar refractivity (Wildman–Crippen MR) is 85.3 cm³/mol. The third-order valence-corrected chi connectivity index (χ3v) is 3.17. The second-order valence-corrected chi connectivity index (χ2v) is 4.79. The molecule has 3 N–H and O–H groups in total. The van der Waals surface area contributed by atoms with E-state index in [-0.39, 0.29) is 5.69 Å². The van der Waals surface area contributed by atoms with Crippen LogP contribution in [-0.2, 0) is 0 Å².